The largest absolute Gasteiger partial charge is 0.117 e. The van der Waals surface area contributed by atoms with Gasteiger partial charge in [0.15, 0.2) is 0 Å². The topological polar surface area (TPSA) is 0 Å². The fourth-order valence-electron chi connectivity index (χ4n) is 2.53. The van der Waals surface area contributed by atoms with Gasteiger partial charge in [-0.15, -0.1) is 0 Å². The summed E-state index contributed by atoms with van der Waals surface area (Å²) in [6.45, 7) is 3.25. The van der Waals surface area contributed by atoms with E-state index in [1.54, 1.807) is 0 Å². The van der Waals surface area contributed by atoms with Gasteiger partial charge in [0.2, 0.25) is 0 Å². The van der Waals surface area contributed by atoms with Gasteiger partial charge in [-0.25, -0.2) is 0 Å². The fraction of sp³-hybridized carbons (Fsp3) is 0.294. The summed E-state index contributed by atoms with van der Waals surface area (Å²) in [5.41, 5.74) is 3.94. The first-order valence-corrected chi connectivity index (χ1v) is 10.0. The van der Waals surface area contributed by atoms with Crippen LogP contribution in [0.4, 0.5) is 0 Å². The molecule has 0 N–H and O–H groups in total. The molecule has 0 aliphatic carbocycles. The van der Waals surface area contributed by atoms with Crippen LogP contribution < -0.4 is 5.30 Å². The molecule has 106 valence electrons. The molecular formula is C17H19Cl2P. The van der Waals surface area contributed by atoms with E-state index in [0.717, 1.165) is 18.1 Å². The van der Waals surface area contributed by atoms with Gasteiger partial charge in [0.05, 0.1) is 0 Å². The number of halogens is 2. The maximum atomic E-state index is 6.19. The van der Waals surface area contributed by atoms with Gasteiger partial charge >= 0.3 is 0 Å². The van der Waals surface area contributed by atoms with Crippen LogP contribution in [0.1, 0.15) is 36.0 Å². The van der Waals surface area contributed by atoms with Gasteiger partial charge in [0.25, 0.3) is 0 Å². The minimum Gasteiger partial charge on any atom is -0.0727 e. The summed E-state index contributed by atoms with van der Waals surface area (Å²) in [4.78, 5) is 0. The first-order chi connectivity index (χ1) is 9.61. The Morgan fingerprint density at radius 2 is 1.75 bits per heavy atom. The summed E-state index contributed by atoms with van der Waals surface area (Å²) < 4.78 is 0. The molecule has 2 aromatic rings. The molecule has 0 heterocycles. The van der Waals surface area contributed by atoms with E-state index < -0.39 is 6.63 Å². The van der Waals surface area contributed by atoms with Crippen LogP contribution in [0, 0.1) is 6.92 Å². The third-order valence-corrected chi connectivity index (χ3v) is 5.49. The highest BCUT2D eigenvalue weighted by Gasteiger charge is 2.18. The average Bonchev–Trinajstić information content (AvgIpc) is 2.45. The molecule has 1 atom stereocenters. The highest BCUT2D eigenvalue weighted by Crippen LogP contribution is 2.47. The number of benzene rings is 2. The van der Waals surface area contributed by atoms with Crippen molar-refractivity contribution < 1.29 is 0 Å². The number of hydrogen-bond donors (Lipinski definition) is 0. The van der Waals surface area contributed by atoms with Crippen molar-refractivity contribution in [2.45, 2.75) is 32.6 Å². The zero-order chi connectivity index (χ0) is 14.5. The Morgan fingerprint density at radius 3 is 2.35 bits per heavy atom. The monoisotopic (exact) mass is 324 g/mol. The second-order valence-corrected chi connectivity index (χ2v) is 8.59. The van der Waals surface area contributed by atoms with Crippen molar-refractivity contribution in [3.05, 3.63) is 65.2 Å². The van der Waals surface area contributed by atoms with Gasteiger partial charge in [0, 0.05) is 5.30 Å². The van der Waals surface area contributed by atoms with E-state index in [1.165, 1.54) is 16.7 Å². The maximum absolute atomic E-state index is 6.19. The number of rotatable bonds is 5. The van der Waals surface area contributed by atoms with Crippen molar-refractivity contribution >= 4 is 34.4 Å². The predicted molar refractivity (Wildman–Crippen MR) is 92.6 cm³/mol. The van der Waals surface area contributed by atoms with Gasteiger partial charge in [-0.3, -0.25) is 0 Å². The molecule has 0 aliphatic rings. The minimum absolute atomic E-state index is 0.467. The van der Waals surface area contributed by atoms with E-state index in [2.05, 4.69) is 62.4 Å². The Hall–Kier alpha value is -0.550. The van der Waals surface area contributed by atoms with Crippen LogP contribution in [-0.2, 0) is 6.42 Å². The van der Waals surface area contributed by atoms with Crippen molar-refractivity contribution in [2.75, 3.05) is 0 Å². The van der Waals surface area contributed by atoms with Crippen molar-refractivity contribution in [2.24, 2.45) is 0 Å². The van der Waals surface area contributed by atoms with E-state index in [-0.39, 0.29) is 0 Å². The Bertz CT molecular complexity index is 552. The molecule has 0 bridgehead atoms. The van der Waals surface area contributed by atoms with Crippen LogP contribution in [-0.4, -0.2) is 0 Å². The lowest BCUT2D eigenvalue weighted by Crippen LogP contribution is -2.12. The van der Waals surface area contributed by atoms with E-state index >= 15 is 0 Å². The number of aryl methyl sites for hydroxylation is 1. The molecule has 0 aliphatic heterocycles. The van der Waals surface area contributed by atoms with Crippen LogP contribution in [0.25, 0.3) is 0 Å². The van der Waals surface area contributed by atoms with Crippen molar-refractivity contribution in [3.8, 4) is 0 Å². The van der Waals surface area contributed by atoms with Crippen LogP contribution in [0.5, 0.6) is 0 Å². The standard InChI is InChI=1S/C17H19Cl2P/c1-3-15(12-14-7-5-4-6-8-14)16-11-13(2)9-10-17(16)20(18)19/h4-11,15H,3,12H2,1-2H3. The molecule has 0 saturated carbocycles. The summed E-state index contributed by atoms with van der Waals surface area (Å²) in [5.74, 6) is 0.467. The SMILES string of the molecule is CCC(Cc1ccccc1)c1cc(C)ccc1P(Cl)Cl. The van der Waals surface area contributed by atoms with Gasteiger partial charge in [0.1, 0.15) is 6.63 Å². The molecule has 0 nitrogen and oxygen atoms in total. The predicted octanol–water partition coefficient (Wildman–Crippen LogP) is 6.15. The lowest BCUT2D eigenvalue weighted by Gasteiger charge is -2.20. The van der Waals surface area contributed by atoms with Crippen molar-refractivity contribution in [1.82, 2.24) is 0 Å². The smallest absolute Gasteiger partial charge is 0.0727 e. The molecule has 0 amide bonds. The zero-order valence-electron chi connectivity index (χ0n) is 11.8. The van der Waals surface area contributed by atoms with E-state index in [0.29, 0.717) is 5.92 Å². The summed E-state index contributed by atoms with van der Waals surface area (Å²) in [6.07, 6.45) is 2.12. The molecule has 0 aromatic heterocycles. The summed E-state index contributed by atoms with van der Waals surface area (Å²) >= 11 is 12.4. The Labute approximate surface area is 132 Å². The second kappa shape index (κ2) is 7.46. The molecule has 2 rings (SSSR count). The summed E-state index contributed by atoms with van der Waals surface area (Å²) in [6, 6.07) is 17.0. The maximum Gasteiger partial charge on any atom is 0.117 e. The molecule has 20 heavy (non-hydrogen) atoms. The van der Waals surface area contributed by atoms with Crippen LogP contribution in [0.15, 0.2) is 48.5 Å². The molecule has 0 fully saturated rings. The Balaban J connectivity index is 2.34. The first kappa shape index (κ1) is 15.8. The zero-order valence-corrected chi connectivity index (χ0v) is 14.2. The molecule has 2 aromatic carbocycles. The molecule has 0 spiro atoms. The highest BCUT2D eigenvalue weighted by molar-refractivity contribution is 8.08. The minimum atomic E-state index is -1.10. The Morgan fingerprint density at radius 1 is 1.05 bits per heavy atom. The van der Waals surface area contributed by atoms with Gasteiger partial charge in [-0.2, -0.15) is 0 Å². The van der Waals surface area contributed by atoms with Crippen LogP contribution in [0.3, 0.4) is 0 Å². The van der Waals surface area contributed by atoms with Gasteiger partial charge < -0.3 is 0 Å². The normalized spacial score (nSPS) is 12.7. The summed E-state index contributed by atoms with van der Waals surface area (Å²) in [7, 11) is 0. The summed E-state index contributed by atoms with van der Waals surface area (Å²) in [5, 5.41) is 1.11. The fourth-order valence-corrected chi connectivity index (χ4v) is 4.08. The van der Waals surface area contributed by atoms with Crippen LogP contribution in [0.2, 0.25) is 0 Å². The average molecular weight is 325 g/mol. The lowest BCUT2D eigenvalue weighted by atomic mass is 9.89. The molecule has 3 heteroatoms. The molecular weight excluding hydrogens is 306 g/mol. The first-order valence-electron chi connectivity index (χ1n) is 6.88. The lowest BCUT2D eigenvalue weighted by molar-refractivity contribution is 0.663. The van der Waals surface area contributed by atoms with Crippen molar-refractivity contribution in [1.29, 1.82) is 0 Å². The molecule has 0 radical (unpaired) electrons. The molecule has 0 saturated heterocycles. The van der Waals surface area contributed by atoms with Gasteiger partial charge in [-0.05, 0) is 36.8 Å². The quantitative estimate of drug-likeness (QED) is 0.579. The van der Waals surface area contributed by atoms with E-state index in [4.69, 9.17) is 22.5 Å². The second-order valence-electron chi connectivity index (χ2n) is 5.09. The third-order valence-electron chi connectivity index (χ3n) is 3.62. The molecule has 1 unspecified atom stereocenters. The number of hydrogen-bond acceptors (Lipinski definition) is 0. The van der Waals surface area contributed by atoms with E-state index in [9.17, 15) is 0 Å². The van der Waals surface area contributed by atoms with Gasteiger partial charge in [-0.1, -0.05) is 83.5 Å². The third kappa shape index (κ3) is 3.98. The van der Waals surface area contributed by atoms with E-state index in [1.807, 2.05) is 0 Å². The van der Waals surface area contributed by atoms with Crippen LogP contribution >= 0.6 is 29.1 Å². The van der Waals surface area contributed by atoms with Crippen molar-refractivity contribution in [3.63, 3.8) is 0 Å². The highest BCUT2D eigenvalue weighted by atomic mass is 35.9. The Kier molecular flexibility index (Phi) is 5.90.